The molecule has 0 aliphatic heterocycles. The van der Waals surface area contributed by atoms with Gasteiger partial charge in [0.2, 0.25) is 0 Å². The van der Waals surface area contributed by atoms with Crippen molar-refractivity contribution in [2.75, 3.05) is 12.8 Å². The number of allylic oxidation sites excluding steroid dienone is 1. The Morgan fingerprint density at radius 2 is 2.12 bits per heavy atom. The van der Waals surface area contributed by atoms with Crippen molar-refractivity contribution in [2.45, 2.75) is 25.7 Å². The van der Waals surface area contributed by atoms with Crippen molar-refractivity contribution in [3.05, 3.63) is 35.9 Å². The van der Waals surface area contributed by atoms with Gasteiger partial charge in [0, 0.05) is 12.1 Å². The number of benzene rings is 1. The van der Waals surface area contributed by atoms with Gasteiger partial charge in [-0.25, -0.2) is 0 Å². The van der Waals surface area contributed by atoms with Crippen molar-refractivity contribution in [1.82, 2.24) is 0 Å². The van der Waals surface area contributed by atoms with Gasteiger partial charge in [-0.1, -0.05) is 30.4 Å². The van der Waals surface area contributed by atoms with Crippen molar-refractivity contribution < 1.29 is 9.53 Å². The first-order valence-corrected chi connectivity index (χ1v) is 5.82. The van der Waals surface area contributed by atoms with Gasteiger partial charge in [0.15, 0.2) is 0 Å². The van der Waals surface area contributed by atoms with E-state index in [-0.39, 0.29) is 5.97 Å². The number of hydrogen-bond donors (Lipinski definition) is 1. The number of anilines is 1. The minimum absolute atomic E-state index is 0.138. The molecule has 0 heterocycles. The van der Waals surface area contributed by atoms with E-state index in [2.05, 4.69) is 10.8 Å². The lowest BCUT2D eigenvalue weighted by atomic mass is 10.1. The molecule has 17 heavy (non-hydrogen) atoms. The fourth-order valence-electron chi connectivity index (χ4n) is 1.51. The minimum atomic E-state index is -0.138. The summed E-state index contributed by atoms with van der Waals surface area (Å²) in [7, 11) is 1.42. The lowest BCUT2D eigenvalue weighted by Crippen LogP contribution is -1.98. The zero-order chi connectivity index (χ0) is 12.5. The van der Waals surface area contributed by atoms with E-state index in [0.717, 1.165) is 30.5 Å². The first-order chi connectivity index (χ1) is 8.24. The zero-order valence-corrected chi connectivity index (χ0v) is 10.2. The van der Waals surface area contributed by atoms with Crippen LogP contribution >= 0.6 is 0 Å². The average molecular weight is 233 g/mol. The van der Waals surface area contributed by atoms with E-state index in [4.69, 9.17) is 5.73 Å². The summed E-state index contributed by atoms with van der Waals surface area (Å²) in [4.78, 5) is 10.9. The number of rotatable bonds is 6. The monoisotopic (exact) mass is 233 g/mol. The lowest BCUT2D eigenvalue weighted by Gasteiger charge is -1.99. The van der Waals surface area contributed by atoms with Crippen molar-refractivity contribution in [1.29, 1.82) is 0 Å². The second kappa shape index (κ2) is 7.49. The predicted molar refractivity (Wildman–Crippen MR) is 70.4 cm³/mol. The van der Waals surface area contributed by atoms with Crippen LogP contribution in [0.25, 0.3) is 6.08 Å². The first kappa shape index (κ1) is 13.3. The summed E-state index contributed by atoms with van der Waals surface area (Å²) >= 11 is 0. The molecule has 0 aromatic heterocycles. The highest BCUT2D eigenvalue weighted by Crippen LogP contribution is 2.13. The topological polar surface area (TPSA) is 52.3 Å². The van der Waals surface area contributed by atoms with Crippen LogP contribution in [0.1, 0.15) is 31.2 Å². The second-order valence-corrected chi connectivity index (χ2v) is 3.85. The maximum atomic E-state index is 10.9. The number of ether oxygens (including phenoxy) is 1. The molecule has 2 N–H and O–H groups in total. The molecular formula is C14H19NO2. The van der Waals surface area contributed by atoms with Gasteiger partial charge in [-0.3, -0.25) is 4.79 Å². The Hall–Kier alpha value is -1.77. The van der Waals surface area contributed by atoms with Crippen LogP contribution in [0.3, 0.4) is 0 Å². The number of carbonyl (C=O) groups is 1. The Labute approximate surface area is 102 Å². The van der Waals surface area contributed by atoms with Crippen LogP contribution in [-0.4, -0.2) is 13.1 Å². The quantitative estimate of drug-likeness (QED) is 0.467. The molecule has 0 saturated carbocycles. The lowest BCUT2D eigenvalue weighted by molar-refractivity contribution is -0.140. The standard InChI is InChI=1S/C14H19NO2/c1-17-14(16)11-5-3-2-4-8-12-9-6-7-10-13(12)15/h4,6-10H,2-3,5,11,15H2,1H3/b8-4-. The normalized spacial score (nSPS) is 10.6. The van der Waals surface area contributed by atoms with Crippen LogP contribution in [0, 0.1) is 0 Å². The van der Waals surface area contributed by atoms with Crippen molar-refractivity contribution in [3.8, 4) is 0 Å². The fourth-order valence-corrected chi connectivity index (χ4v) is 1.51. The smallest absolute Gasteiger partial charge is 0.305 e. The SMILES string of the molecule is COC(=O)CCCC/C=C\c1ccccc1N. The Bertz CT molecular complexity index is 386. The van der Waals surface area contributed by atoms with Crippen LogP contribution in [0.5, 0.6) is 0 Å². The summed E-state index contributed by atoms with van der Waals surface area (Å²) in [5.41, 5.74) is 7.64. The number of methoxy groups -OCH3 is 1. The molecule has 1 aromatic carbocycles. The van der Waals surface area contributed by atoms with E-state index in [9.17, 15) is 4.79 Å². The zero-order valence-electron chi connectivity index (χ0n) is 10.2. The molecule has 0 bridgehead atoms. The number of carbonyl (C=O) groups excluding carboxylic acids is 1. The molecule has 0 amide bonds. The molecule has 0 saturated heterocycles. The van der Waals surface area contributed by atoms with Gasteiger partial charge < -0.3 is 10.5 Å². The van der Waals surface area contributed by atoms with E-state index in [1.807, 2.05) is 30.3 Å². The Morgan fingerprint density at radius 3 is 2.82 bits per heavy atom. The molecule has 1 rings (SSSR count). The van der Waals surface area contributed by atoms with Crippen molar-refractivity contribution >= 4 is 17.7 Å². The number of nitrogens with two attached hydrogens (primary N) is 1. The van der Waals surface area contributed by atoms with Crippen LogP contribution in [0.2, 0.25) is 0 Å². The first-order valence-electron chi connectivity index (χ1n) is 5.82. The second-order valence-electron chi connectivity index (χ2n) is 3.85. The van der Waals surface area contributed by atoms with E-state index in [1.54, 1.807) is 0 Å². The Kier molecular flexibility index (Phi) is 5.86. The minimum Gasteiger partial charge on any atom is -0.469 e. The highest BCUT2D eigenvalue weighted by Gasteiger charge is 1.97. The number of hydrogen-bond acceptors (Lipinski definition) is 3. The van der Waals surface area contributed by atoms with Crippen molar-refractivity contribution in [2.24, 2.45) is 0 Å². The van der Waals surface area contributed by atoms with Gasteiger partial charge in [0.1, 0.15) is 0 Å². The van der Waals surface area contributed by atoms with Gasteiger partial charge >= 0.3 is 5.97 Å². The summed E-state index contributed by atoms with van der Waals surface area (Å²) in [5.74, 6) is -0.138. The third-order valence-electron chi connectivity index (χ3n) is 2.52. The van der Waals surface area contributed by atoms with Crippen LogP contribution < -0.4 is 5.73 Å². The number of unbranched alkanes of at least 4 members (excludes halogenated alkanes) is 2. The summed E-state index contributed by atoms with van der Waals surface area (Å²) in [6, 6.07) is 7.76. The molecule has 1 aromatic rings. The molecule has 0 spiro atoms. The molecule has 0 aliphatic rings. The summed E-state index contributed by atoms with van der Waals surface area (Å²) < 4.78 is 4.57. The van der Waals surface area contributed by atoms with E-state index in [0.29, 0.717) is 6.42 Å². The molecule has 0 unspecified atom stereocenters. The van der Waals surface area contributed by atoms with Crippen LogP contribution in [-0.2, 0) is 9.53 Å². The molecular weight excluding hydrogens is 214 g/mol. The van der Waals surface area contributed by atoms with Gasteiger partial charge in [-0.2, -0.15) is 0 Å². The molecule has 0 fully saturated rings. The summed E-state index contributed by atoms with van der Waals surface area (Å²) in [6.45, 7) is 0. The summed E-state index contributed by atoms with van der Waals surface area (Å²) in [5, 5.41) is 0. The average Bonchev–Trinajstić information content (AvgIpc) is 2.35. The maximum Gasteiger partial charge on any atom is 0.305 e. The maximum absolute atomic E-state index is 10.9. The van der Waals surface area contributed by atoms with Gasteiger partial charge in [0.05, 0.1) is 7.11 Å². The van der Waals surface area contributed by atoms with E-state index < -0.39 is 0 Å². The number of esters is 1. The highest BCUT2D eigenvalue weighted by molar-refractivity contribution is 5.69. The predicted octanol–water partition coefficient (Wildman–Crippen LogP) is 3.02. The third-order valence-corrected chi connectivity index (χ3v) is 2.52. The molecule has 92 valence electrons. The fraction of sp³-hybridized carbons (Fsp3) is 0.357. The van der Waals surface area contributed by atoms with Crippen LogP contribution in [0.15, 0.2) is 30.3 Å². The molecule has 3 nitrogen and oxygen atoms in total. The highest BCUT2D eigenvalue weighted by atomic mass is 16.5. The third kappa shape index (κ3) is 5.20. The molecule has 3 heteroatoms. The Morgan fingerprint density at radius 1 is 1.35 bits per heavy atom. The van der Waals surface area contributed by atoms with Crippen molar-refractivity contribution in [3.63, 3.8) is 0 Å². The molecule has 0 aliphatic carbocycles. The van der Waals surface area contributed by atoms with E-state index in [1.165, 1.54) is 7.11 Å². The van der Waals surface area contributed by atoms with E-state index >= 15 is 0 Å². The molecule has 0 radical (unpaired) electrons. The summed E-state index contributed by atoms with van der Waals surface area (Å²) in [6.07, 6.45) is 7.40. The van der Waals surface area contributed by atoms with Gasteiger partial charge in [0.25, 0.3) is 0 Å². The largest absolute Gasteiger partial charge is 0.469 e. The van der Waals surface area contributed by atoms with Gasteiger partial charge in [-0.05, 0) is 30.9 Å². The number of nitrogen functional groups attached to an aromatic ring is 1. The van der Waals surface area contributed by atoms with Crippen LogP contribution in [0.4, 0.5) is 5.69 Å². The van der Waals surface area contributed by atoms with Gasteiger partial charge in [-0.15, -0.1) is 0 Å². The number of para-hydroxylation sites is 1. The Balaban J connectivity index is 2.23. The molecule has 0 atom stereocenters.